The number of hydrogen-bond donors (Lipinski definition) is 0. The molecule has 0 aromatic heterocycles. The van der Waals surface area contributed by atoms with Crippen LogP contribution < -0.4 is 0 Å². The van der Waals surface area contributed by atoms with Gasteiger partial charge in [0.1, 0.15) is 7.11 Å². The maximum Gasteiger partial charge on any atom is 0.106 e. The zero-order valence-electron chi connectivity index (χ0n) is 7.83. The van der Waals surface area contributed by atoms with E-state index in [1.54, 1.807) is 7.11 Å². The van der Waals surface area contributed by atoms with E-state index in [1.807, 2.05) is 0 Å². The van der Waals surface area contributed by atoms with Gasteiger partial charge < -0.3 is 15.1 Å². The van der Waals surface area contributed by atoms with Crippen molar-refractivity contribution in [2.45, 2.75) is 38.9 Å². The number of oxime groups is 1. The first-order valence-electron chi connectivity index (χ1n) is 3.96. The second kappa shape index (κ2) is 5.11. The predicted octanol–water partition coefficient (Wildman–Crippen LogP) is 0.752. The molecule has 0 spiro atoms. The Hall–Kier alpha value is -0.610. The van der Waals surface area contributed by atoms with E-state index in [-0.39, 0.29) is 17.7 Å². The number of rotatable bonds is 1. The van der Waals surface area contributed by atoms with Gasteiger partial charge in [-0.15, -0.1) is 0 Å². The first kappa shape index (κ1) is 11.4. The summed E-state index contributed by atoms with van der Waals surface area (Å²) in [5.74, 6) is 0. The van der Waals surface area contributed by atoms with Gasteiger partial charge in [-0.25, -0.2) is 0 Å². The van der Waals surface area contributed by atoms with Crippen LogP contribution in [0.1, 0.15) is 26.7 Å². The van der Waals surface area contributed by atoms with E-state index in [2.05, 4.69) is 19.0 Å². The van der Waals surface area contributed by atoms with Crippen LogP contribution in [0.5, 0.6) is 0 Å². The molecule has 1 heterocycles. The van der Waals surface area contributed by atoms with Crippen molar-refractivity contribution < 1.29 is 15.1 Å². The molecule has 0 aromatic carbocycles. The fraction of sp³-hybridized carbons (Fsp3) is 0.875. The van der Waals surface area contributed by atoms with Crippen molar-refractivity contribution in [1.29, 1.82) is 0 Å². The van der Waals surface area contributed by atoms with Crippen molar-refractivity contribution in [1.82, 2.24) is 0 Å². The lowest BCUT2D eigenvalue weighted by molar-refractivity contribution is 0.00210. The Morgan fingerprint density at radius 1 is 1.33 bits per heavy atom. The molecule has 1 aliphatic heterocycles. The molecule has 2 N–H and O–H groups in total. The van der Waals surface area contributed by atoms with Crippen LogP contribution in [0.15, 0.2) is 5.16 Å². The van der Waals surface area contributed by atoms with Crippen LogP contribution in [0.4, 0.5) is 0 Å². The molecule has 0 aliphatic carbocycles. The highest BCUT2D eigenvalue weighted by Crippen LogP contribution is 2.16. The van der Waals surface area contributed by atoms with Crippen molar-refractivity contribution in [3.63, 3.8) is 0 Å². The van der Waals surface area contributed by atoms with E-state index >= 15 is 0 Å². The molecule has 0 saturated carbocycles. The second-order valence-electron chi connectivity index (χ2n) is 3.01. The van der Waals surface area contributed by atoms with E-state index in [4.69, 9.17) is 9.57 Å². The average molecular weight is 175 g/mol. The van der Waals surface area contributed by atoms with E-state index < -0.39 is 0 Å². The highest BCUT2D eigenvalue weighted by atomic mass is 16.6. The molecule has 72 valence electrons. The zero-order valence-corrected chi connectivity index (χ0v) is 7.83. The summed E-state index contributed by atoms with van der Waals surface area (Å²) in [6.07, 6.45) is 2.37. The Balaban J connectivity index is 0.00000121. The summed E-state index contributed by atoms with van der Waals surface area (Å²) in [5.41, 5.74) is 1.11. The third-order valence-electron chi connectivity index (χ3n) is 1.73. The molecule has 0 radical (unpaired) electrons. The molecular weight excluding hydrogens is 158 g/mol. The van der Waals surface area contributed by atoms with Crippen LogP contribution >= 0.6 is 0 Å². The average Bonchev–Trinajstić information content (AvgIpc) is 1.85. The van der Waals surface area contributed by atoms with Gasteiger partial charge >= 0.3 is 0 Å². The first-order valence-corrected chi connectivity index (χ1v) is 3.96. The maximum absolute atomic E-state index is 5.53. The normalized spacial score (nSPS) is 32.8. The Morgan fingerprint density at radius 3 is 2.25 bits per heavy atom. The quantitative estimate of drug-likeness (QED) is 0.552. The molecule has 12 heavy (non-hydrogen) atoms. The van der Waals surface area contributed by atoms with Gasteiger partial charge in [0, 0.05) is 12.8 Å². The summed E-state index contributed by atoms with van der Waals surface area (Å²) >= 11 is 0. The summed E-state index contributed by atoms with van der Waals surface area (Å²) < 4.78 is 5.53. The monoisotopic (exact) mass is 175 g/mol. The minimum Gasteiger partial charge on any atom is -0.412 e. The summed E-state index contributed by atoms with van der Waals surface area (Å²) in [6.45, 7) is 4.11. The fourth-order valence-corrected chi connectivity index (χ4v) is 1.44. The van der Waals surface area contributed by atoms with Gasteiger partial charge in [0.2, 0.25) is 0 Å². The number of ether oxygens (including phenoxy) is 1. The largest absolute Gasteiger partial charge is 0.412 e. The van der Waals surface area contributed by atoms with Crippen molar-refractivity contribution in [3.05, 3.63) is 0 Å². The molecule has 1 fully saturated rings. The van der Waals surface area contributed by atoms with Crippen LogP contribution in [-0.4, -0.2) is 30.5 Å². The van der Waals surface area contributed by atoms with E-state index in [0.717, 1.165) is 18.6 Å². The Morgan fingerprint density at radius 2 is 1.83 bits per heavy atom. The van der Waals surface area contributed by atoms with Crippen molar-refractivity contribution in [3.8, 4) is 0 Å². The molecule has 0 bridgehead atoms. The van der Waals surface area contributed by atoms with Crippen LogP contribution in [0.25, 0.3) is 0 Å². The van der Waals surface area contributed by atoms with E-state index in [1.165, 1.54) is 0 Å². The Bertz CT molecular complexity index is 146. The van der Waals surface area contributed by atoms with Crippen molar-refractivity contribution in [2.24, 2.45) is 5.16 Å². The lowest BCUT2D eigenvalue weighted by Gasteiger charge is -2.25. The summed E-state index contributed by atoms with van der Waals surface area (Å²) in [4.78, 5) is 4.71. The highest BCUT2D eigenvalue weighted by molar-refractivity contribution is 5.85. The molecule has 1 saturated heterocycles. The topological polar surface area (TPSA) is 62.3 Å². The highest BCUT2D eigenvalue weighted by Gasteiger charge is 2.20. The van der Waals surface area contributed by atoms with Crippen molar-refractivity contribution >= 4 is 5.71 Å². The third-order valence-corrected chi connectivity index (χ3v) is 1.73. The van der Waals surface area contributed by atoms with Crippen LogP contribution in [0, 0.1) is 0 Å². The minimum atomic E-state index is 0. The number of hydrogen-bond acceptors (Lipinski definition) is 3. The number of nitrogens with zero attached hydrogens (tertiary/aromatic N) is 1. The summed E-state index contributed by atoms with van der Waals surface area (Å²) in [7, 11) is 1.58. The van der Waals surface area contributed by atoms with Crippen LogP contribution in [0.2, 0.25) is 0 Å². The van der Waals surface area contributed by atoms with E-state index in [0.29, 0.717) is 0 Å². The van der Waals surface area contributed by atoms with Gasteiger partial charge in [0.05, 0.1) is 17.9 Å². The molecule has 1 rings (SSSR count). The van der Waals surface area contributed by atoms with Gasteiger partial charge in [-0.2, -0.15) is 0 Å². The van der Waals surface area contributed by atoms with Gasteiger partial charge in [-0.1, -0.05) is 5.16 Å². The van der Waals surface area contributed by atoms with Gasteiger partial charge in [-0.05, 0) is 13.8 Å². The van der Waals surface area contributed by atoms with Gasteiger partial charge in [0.25, 0.3) is 0 Å². The summed E-state index contributed by atoms with van der Waals surface area (Å²) in [5, 5.41) is 3.92. The predicted molar refractivity (Wildman–Crippen MR) is 47.3 cm³/mol. The van der Waals surface area contributed by atoms with Crippen LogP contribution in [0.3, 0.4) is 0 Å². The first-order chi connectivity index (χ1) is 5.22. The zero-order chi connectivity index (χ0) is 8.27. The lowest BCUT2D eigenvalue weighted by atomic mass is 10.0. The summed E-state index contributed by atoms with van der Waals surface area (Å²) in [6, 6.07) is 0. The molecule has 1 aliphatic rings. The molecule has 0 aromatic rings. The third kappa shape index (κ3) is 3.19. The van der Waals surface area contributed by atoms with Crippen LogP contribution in [-0.2, 0) is 9.57 Å². The standard InChI is InChI=1S/C8H15NO2.H2O/c1-6-4-8(9-10-3)5-7(2)11-6;/h6-7H,4-5H2,1-3H3;1H2/t6-,7?;/m1./s1. The Kier molecular flexibility index (Phi) is 4.85. The molecule has 1 unspecified atom stereocenters. The second-order valence-corrected chi connectivity index (χ2v) is 3.01. The lowest BCUT2D eigenvalue weighted by Crippen LogP contribution is -2.29. The SMILES string of the molecule is CON=C1CC(C)O[C@H](C)C1.O. The fourth-order valence-electron chi connectivity index (χ4n) is 1.44. The maximum atomic E-state index is 5.53. The van der Waals surface area contributed by atoms with Gasteiger partial charge in [-0.3, -0.25) is 0 Å². The molecule has 4 heteroatoms. The smallest absolute Gasteiger partial charge is 0.106 e. The minimum absolute atomic E-state index is 0. The molecule has 0 amide bonds. The van der Waals surface area contributed by atoms with Crippen molar-refractivity contribution in [2.75, 3.05) is 7.11 Å². The van der Waals surface area contributed by atoms with Gasteiger partial charge in [0.15, 0.2) is 0 Å². The molecule has 4 nitrogen and oxygen atoms in total. The molecular formula is C8H17NO3. The Labute approximate surface area is 72.8 Å². The molecule has 2 atom stereocenters. The van der Waals surface area contributed by atoms with E-state index in [9.17, 15) is 0 Å².